The highest BCUT2D eigenvalue weighted by atomic mass is 15.5. The first-order valence-corrected chi connectivity index (χ1v) is 6.90. The van der Waals surface area contributed by atoms with Crippen molar-refractivity contribution in [2.45, 2.75) is 45.2 Å². The molecule has 1 heterocycles. The number of hydrogen-bond acceptors (Lipinski definition) is 4. The van der Waals surface area contributed by atoms with Crippen molar-refractivity contribution in [3.63, 3.8) is 0 Å². The maximum Gasteiger partial charge on any atom is 0.188 e. The van der Waals surface area contributed by atoms with Crippen molar-refractivity contribution in [3.8, 4) is 0 Å². The van der Waals surface area contributed by atoms with E-state index in [-0.39, 0.29) is 0 Å². The minimum absolute atomic E-state index is 0.353. The van der Waals surface area contributed by atoms with Crippen LogP contribution in [0.15, 0.2) is 30.3 Å². The minimum atomic E-state index is 0.353. The summed E-state index contributed by atoms with van der Waals surface area (Å²) < 4.78 is 0. The van der Waals surface area contributed by atoms with Crippen LogP contribution in [0.5, 0.6) is 0 Å². The van der Waals surface area contributed by atoms with Gasteiger partial charge in [0.1, 0.15) is 0 Å². The van der Waals surface area contributed by atoms with Crippen LogP contribution in [0, 0.1) is 0 Å². The number of aromatic nitrogens is 4. The van der Waals surface area contributed by atoms with Crippen molar-refractivity contribution in [1.82, 2.24) is 25.9 Å². The third kappa shape index (κ3) is 4.44. The van der Waals surface area contributed by atoms with Gasteiger partial charge in [0, 0.05) is 6.04 Å². The van der Waals surface area contributed by atoms with Gasteiger partial charge in [-0.15, -0.1) is 10.2 Å². The number of hydrogen-bond donors (Lipinski definition) is 2. The molecule has 19 heavy (non-hydrogen) atoms. The van der Waals surface area contributed by atoms with Crippen molar-refractivity contribution in [3.05, 3.63) is 41.7 Å². The summed E-state index contributed by atoms with van der Waals surface area (Å²) in [7, 11) is 0. The molecule has 5 heteroatoms. The second-order valence-electron chi connectivity index (χ2n) is 4.67. The van der Waals surface area contributed by atoms with Gasteiger partial charge in [0.2, 0.25) is 0 Å². The molecule has 1 unspecified atom stereocenters. The number of H-pyrrole nitrogens is 1. The Morgan fingerprint density at radius 1 is 1.21 bits per heavy atom. The summed E-state index contributed by atoms with van der Waals surface area (Å²) in [4.78, 5) is 0. The lowest BCUT2D eigenvalue weighted by molar-refractivity contribution is 0.467. The number of rotatable bonds is 8. The molecule has 0 amide bonds. The fraction of sp³-hybridized carbons (Fsp3) is 0.500. The number of unbranched alkanes of at least 4 members (excludes halogenated alkanes) is 2. The van der Waals surface area contributed by atoms with E-state index < -0.39 is 0 Å². The molecule has 102 valence electrons. The van der Waals surface area contributed by atoms with Crippen LogP contribution in [0.25, 0.3) is 0 Å². The molecule has 0 saturated heterocycles. The van der Waals surface area contributed by atoms with Crippen LogP contribution >= 0.6 is 0 Å². The molecule has 1 aromatic carbocycles. The molecule has 1 atom stereocenters. The van der Waals surface area contributed by atoms with Gasteiger partial charge in [-0.3, -0.25) is 0 Å². The van der Waals surface area contributed by atoms with Gasteiger partial charge in [-0.25, -0.2) is 0 Å². The maximum absolute atomic E-state index is 3.97. The van der Waals surface area contributed by atoms with Crippen molar-refractivity contribution >= 4 is 0 Å². The number of nitrogens with one attached hydrogen (secondary N) is 2. The van der Waals surface area contributed by atoms with E-state index in [0.717, 1.165) is 6.42 Å². The first kappa shape index (κ1) is 13.7. The molecule has 1 aromatic heterocycles. The lowest BCUT2D eigenvalue weighted by Gasteiger charge is -2.18. The standard InChI is InChI=1S/C14H21N5/c1-2-3-5-10-13(12-8-6-4-7-9-12)15-11-14-16-18-19-17-14/h4,6-9,13,15H,2-3,5,10-11H2,1H3,(H,16,17,18,19). The van der Waals surface area contributed by atoms with Crippen LogP contribution < -0.4 is 5.32 Å². The Morgan fingerprint density at radius 3 is 2.74 bits per heavy atom. The first-order valence-electron chi connectivity index (χ1n) is 6.90. The fourth-order valence-corrected chi connectivity index (χ4v) is 2.14. The van der Waals surface area contributed by atoms with Crippen molar-refractivity contribution < 1.29 is 0 Å². The zero-order valence-electron chi connectivity index (χ0n) is 11.3. The molecule has 2 rings (SSSR count). The summed E-state index contributed by atoms with van der Waals surface area (Å²) in [6.45, 7) is 2.87. The van der Waals surface area contributed by atoms with Gasteiger partial charge < -0.3 is 5.32 Å². The molecular formula is C14H21N5. The molecule has 0 radical (unpaired) electrons. The molecule has 0 bridgehead atoms. The van der Waals surface area contributed by atoms with E-state index in [1.54, 1.807) is 0 Å². The summed E-state index contributed by atoms with van der Waals surface area (Å²) in [5, 5.41) is 17.5. The maximum atomic E-state index is 3.97. The Bertz CT molecular complexity index is 440. The number of tetrazole rings is 1. The summed E-state index contributed by atoms with van der Waals surface area (Å²) in [5.74, 6) is 0.705. The lowest BCUT2D eigenvalue weighted by Crippen LogP contribution is -2.21. The van der Waals surface area contributed by atoms with Crippen LogP contribution in [0.4, 0.5) is 0 Å². The smallest absolute Gasteiger partial charge is 0.188 e. The van der Waals surface area contributed by atoms with E-state index >= 15 is 0 Å². The SMILES string of the molecule is CCCCCC(NCc1nn[nH]n1)c1ccccc1. The predicted molar refractivity (Wildman–Crippen MR) is 74.3 cm³/mol. The second-order valence-corrected chi connectivity index (χ2v) is 4.67. The third-order valence-electron chi connectivity index (χ3n) is 3.19. The van der Waals surface area contributed by atoms with Crippen molar-refractivity contribution in [2.24, 2.45) is 0 Å². The summed E-state index contributed by atoms with van der Waals surface area (Å²) in [6, 6.07) is 10.9. The van der Waals surface area contributed by atoms with Gasteiger partial charge in [0.15, 0.2) is 5.82 Å². The topological polar surface area (TPSA) is 66.5 Å². The van der Waals surface area contributed by atoms with E-state index in [9.17, 15) is 0 Å². The third-order valence-corrected chi connectivity index (χ3v) is 3.19. The largest absolute Gasteiger partial charge is 0.303 e. The molecule has 0 aliphatic rings. The molecular weight excluding hydrogens is 238 g/mol. The molecule has 2 aromatic rings. The van der Waals surface area contributed by atoms with Crippen LogP contribution in [-0.4, -0.2) is 20.6 Å². The summed E-state index contributed by atoms with van der Waals surface area (Å²) >= 11 is 0. The van der Waals surface area contributed by atoms with Gasteiger partial charge >= 0.3 is 0 Å². The average molecular weight is 259 g/mol. The number of benzene rings is 1. The molecule has 2 N–H and O–H groups in total. The lowest BCUT2D eigenvalue weighted by atomic mass is 10.0. The molecule has 0 spiro atoms. The quantitative estimate of drug-likeness (QED) is 0.715. The van der Waals surface area contributed by atoms with Gasteiger partial charge in [0.05, 0.1) is 6.54 Å². The normalized spacial score (nSPS) is 12.5. The highest BCUT2D eigenvalue weighted by Gasteiger charge is 2.11. The van der Waals surface area contributed by atoms with Gasteiger partial charge in [-0.05, 0) is 12.0 Å². The molecule has 0 aliphatic carbocycles. The van der Waals surface area contributed by atoms with E-state index in [1.165, 1.54) is 24.8 Å². The average Bonchev–Trinajstić information content (AvgIpc) is 2.97. The fourth-order valence-electron chi connectivity index (χ4n) is 2.14. The second kappa shape index (κ2) is 7.63. The first-order chi connectivity index (χ1) is 9.40. The highest BCUT2D eigenvalue weighted by molar-refractivity contribution is 5.18. The number of nitrogens with zero attached hydrogens (tertiary/aromatic N) is 3. The van der Waals surface area contributed by atoms with Gasteiger partial charge in [-0.2, -0.15) is 5.21 Å². The van der Waals surface area contributed by atoms with E-state index in [4.69, 9.17) is 0 Å². The Labute approximate surface area is 113 Å². The Kier molecular flexibility index (Phi) is 5.49. The number of aromatic amines is 1. The van der Waals surface area contributed by atoms with E-state index in [2.05, 4.69) is 57.1 Å². The molecule has 0 saturated carbocycles. The van der Waals surface area contributed by atoms with Crippen LogP contribution in [-0.2, 0) is 6.54 Å². The van der Waals surface area contributed by atoms with E-state index in [1.807, 2.05) is 6.07 Å². The molecule has 0 aliphatic heterocycles. The highest BCUT2D eigenvalue weighted by Crippen LogP contribution is 2.19. The Hall–Kier alpha value is -1.75. The molecule has 0 fully saturated rings. The van der Waals surface area contributed by atoms with Gasteiger partial charge in [0.25, 0.3) is 0 Å². The zero-order chi connectivity index (χ0) is 13.3. The van der Waals surface area contributed by atoms with E-state index in [0.29, 0.717) is 18.4 Å². The van der Waals surface area contributed by atoms with Crippen LogP contribution in [0.1, 0.15) is 50.0 Å². The summed E-state index contributed by atoms with van der Waals surface area (Å²) in [6.07, 6.45) is 4.88. The Balaban J connectivity index is 1.93. The summed E-state index contributed by atoms with van der Waals surface area (Å²) in [5.41, 5.74) is 1.32. The zero-order valence-corrected chi connectivity index (χ0v) is 11.3. The van der Waals surface area contributed by atoms with Crippen molar-refractivity contribution in [1.29, 1.82) is 0 Å². The monoisotopic (exact) mass is 259 g/mol. The van der Waals surface area contributed by atoms with Gasteiger partial charge in [-0.1, -0.05) is 61.7 Å². The van der Waals surface area contributed by atoms with Crippen LogP contribution in [0.2, 0.25) is 0 Å². The predicted octanol–water partition coefficient (Wildman–Crippen LogP) is 2.61. The minimum Gasteiger partial charge on any atom is -0.303 e. The molecule has 5 nitrogen and oxygen atoms in total. The van der Waals surface area contributed by atoms with Crippen molar-refractivity contribution in [2.75, 3.05) is 0 Å². The van der Waals surface area contributed by atoms with Crippen LogP contribution in [0.3, 0.4) is 0 Å². The Morgan fingerprint density at radius 2 is 2.05 bits per heavy atom.